The Kier molecular flexibility index (Phi) is 3.39. The Morgan fingerprint density at radius 1 is 1.27 bits per heavy atom. The smallest absolute Gasteiger partial charge is 0.139 e. The maximum atomic E-state index is 6.00. The standard InChI is InChI=1S/C11H13Cl2NO/c12-7-1-4-10(13)11(5-7)15-9-3-2-8(14)6-9/h1,4-5,8-9H,2-3,6,14H2. The third kappa shape index (κ3) is 2.77. The van der Waals surface area contributed by atoms with Crippen LogP contribution in [0.15, 0.2) is 18.2 Å². The molecule has 0 bridgehead atoms. The van der Waals surface area contributed by atoms with E-state index in [2.05, 4.69) is 0 Å². The predicted octanol–water partition coefficient (Wildman–Crippen LogP) is 3.25. The molecular formula is C11H13Cl2NO. The van der Waals surface area contributed by atoms with E-state index in [4.69, 9.17) is 33.7 Å². The zero-order valence-corrected chi connectivity index (χ0v) is 9.76. The van der Waals surface area contributed by atoms with Crippen LogP contribution in [0.3, 0.4) is 0 Å². The van der Waals surface area contributed by atoms with Crippen LogP contribution < -0.4 is 10.5 Å². The van der Waals surface area contributed by atoms with Gasteiger partial charge in [0.15, 0.2) is 0 Å². The van der Waals surface area contributed by atoms with E-state index in [0.717, 1.165) is 19.3 Å². The molecule has 15 heavy (non-hydrogen) atoms. The fourth-order valence-electron chi connectivity index (χ4n) is 1.83. The highest BCUT2D eigenvalue weighted by Crippen LogP contribution is 2.31. The van der Waals surface area contributed by atoms with Gasteiger partial charge >= 0.3 is 0 Å². The second-order valence-electron chi connectivity index (χ2n) is 3.89. The van der Waals surface area contributed by atoms with Crippen molar-refractivity contribution < 1.29 is 4.74 Å². The Morgan fingerprint density at radius 3 is 2.73 bits per heavy atom. The summed E-state index contributed by atoms with van der Waals surface area (Å²) >= 11 is 11.9. The molecule has 0 radical (unpaired) electrons. The van der Waals surface area contributed by atoms with Crippen molar-refractivity contribution >= 4 is 23.2 Å². The zero-order valence-electron chi connectivity index (χ0n) is 8.25. The lowest BCUT2D eigenvalue weighted by molar-refractivity contribution is 0.208. The number of halogens is 2. The quantitative estimate of drug-likeness (QED) is 0.869. The van der Waals surface area contributed by atoms with Crippen LogP contribution in [0.1, 0.15) is 19.3 Å². The molecule has 2 atom stereocenters. The highest BCUT2D eigenvalue weighted by molar-refractivity contribution is 6.34. The number of rotatable bonds is 2. The zero-order chi connectivity index (χ0) is 10.8. The van der Waals surface area contributed by atoms with Crippen LogP contribution in [0, 0.1) is 0 Å². The van der Waals surface area contributed by atoms with Gasteiger partial charge in [0.1, 0.15) is 11.9 Å². The molecule has 82 valence electrons. The fourth-order valence-corrected chi connectivity index (χ4v) is 2.15. The van der Waals surface area contributed by atoms with Crippen molar-refractivity contribution in [3.8, 4) is 5.75 Å². The fraction of sp³-hybridized carbons (Fsp3) is 0.455. The van der Waals surface area contributed by atoms with Gasteiger partial charge in [-0.05, 0) is 31.4 Å². The van der Waals surface area contributed by atoms with Crippen LogP contribution in [0.25, 0.3) is 0 Å². The summed E-state index contributed by atoms with van der Waals surface area (Å²) in [6.45, 7) is 0. The Labute approximate surface area is 99.3 Å². The van der Waals surface area contributed by atoms with E-state index in [0.29, 0.717) is 15.8 Å². The molecule has 0 saturated heterocycles. The number of benzene rings is 1. The van der Waals surface area contributed by atoms with E-state index < -0.39 is 0 Å². The Morgan fingerprint density at radius 2 is 2.07 bits per heavy atom. The van der Waals surface area contributed by atoms with Crippen molar-refractivity contribution in [1.29, 1.82) is 0 Å². The first-order valence-corrected chi connectivity index (χ1v) is 5.78. The first kappa shape index (κ1) is 11.1. The first-order valence-electron chi connectivity index (χ1n) is 5.02. The lowest BCUT2D eigenvalue weighted by Crippen LogP contribution is -2.19. The predicted molar refractivity (Wildman–Crippen MR) is 62.7 cm³/mol. The molecule has 0 spiro atoms. The summed E-state index contributed by atoms with van der Waals surface area (Å²) in [5.41, 5.74) is 5.81. The normalized spacial score (nSPS) is 25.5. The van der Waals surface area contributed by atoms with E-state index in [1.54, 1.807) is 18.2 Å². The van der Waals surface area contributed by atoms with Crippen molar-refractivity contribution in [2.45, 2.75) is 31.4 Å². The molecule has 1 aromatic rings. The van der Waals surface area contributed by atoms with E-state index in [1.165, 1.54) is 0 Å². The molecule has 2 unspecified atom stereocenters. The number of ether oxygens (including phenoxy) is 1. The van der Waals surface area contributed by atoms with E-state index in [-0.39, 0.29) is 12.1 Å². The summed E-state index contributed by atoms with van der Waals surface area (Å²) in [4.78, 5) is 0. The summed E-state index contributed by atoms with van der Waals surface area (Å²) in [7, 11) is 0. The topological polar surface area (TPSA) is 35.2 Å². The minimum Gasteiger partial charge on any atom is -0.489 e. The van der Waals surface area contributed by atoms with Gasteiger partial charge in [0.25, 0.3) is 0 Å². The monoisotopic (exact) mass is 245 g/mol. The summed E-state index contributed by atoms with van der Waals surface area (Å²) in [5, 5.41) is 1.23. The molecule has 2 rings (SSSR count). The van der Waals surface area contributed by atoms with E-state index >= 15 is 0 Å². The van der Waals surface area contributed by atoms with Crippen molar-refractivity contribution in [2.75, 3.05) is 0 Å². The molecule has 0 aromatic heterocycles. The third-order valence-electron chi connectivity index (χ3n) is 2.61. The minimum absolute atomic E-state index is 0.177. The van der Waals surface area contributed by atoms with Crippen molar-refractivity contribution in [3.63, 3.8) is 0 Å². The van der Waals surface area contributed by atoms with Crippen molar-refractivity contribution in [1.82, 2.24) is 0 Å². The molecule has 0 amide bonds. The van der Waals surface area contributed by atoms with Crippen molar-refractivity contribution in [2.24, 2.45) is 5.73 Å². The van der Waals surface area contributed by atoms with Crippen LogP contribution in [-0.2, 0) is 0 Å². The average molecular weight is 246 g/mol. The van der Waals surface area contributed by atoms with Gasteiger partial charge in [-0.25, -0.2) is 0 Å². The summed E-state index contributed by atoms with van der Waals surface area (Å²) in [5.74, 6) is 0.656. The van der Waals surface area contributed by atoms with Gasteiger partial charge in [0.2, 0.25) is 0 Å². The molecule has 1 aromatic carbocycles. The number of hydrogen-bond donors (Lipinski definition) is 1. The lowest BCUT2D eigenvalue weighted by Gasteiger charge is -2.14. The maximum absolute atomic E-state index is 6.00. The molecule has 0 aliphatic heterocycles. The van der Waals surface area contributed by atoms with Crippen LogP contribution >= 0.6 is 23.2 Å². The molecule has 1 aliphatic rings. The highest BCUT2D eigenvalue weighted by atomic mass is 35.5. The second-order valence-corrected chi connectivity index (χ2v) is 4.73. The molecule has 2 N–H and O–H groups in total. The SMILES string of the molecule is NC1CCC(Oc2cc(Cl)ccc2Cl)C1. The number of nitrogens with two attached hydrogens (primary N) is 1. The lowest BCUT2D eigenvalue weighted by atomic mass is 10.2. The van der Waals surface area contributed by atoms with Crippen LogP contribution in [0.4, 0.5) is 0 Å². The summed E-state index contributed by atoms with van der Waals surface area (Å²) in [6.07, 6.45) is 3.08. The van der Waals surface area contributed by atoms with Gasteiger partial charge in [-0.2, -0.15) is 0 Å². The first-order chi connectivity index (χ1) is 7.15. The van der Waals surface area contributed by atoms with E-state index in [1.807, 2.05) is 0 Å². The van der Waals surface area contributed by atoms with Crippen LogP contribution in [0.5, 0.6) is 5.75 Å². The molecule has 4 heteroatoms. The Hall–Kier alpha value is -0.440. The van der Waals surface area contributed by atoms with Gasteiger partial charge in [-0.1, -0.05) is 23.2 Å². The van der Waals surface area contributed by atoms with Gasteiger partial charge < -0.3 is 10.5 Å². The van der Waals surface area contributed by atoms with Gasteiger partial charge in [-0.3, -0.25) is 0 Å². The number of hydrogen-bond acceptors (Lipinski definition) is 2. The van der Waals surface area contributed by atoms with Gasteiger partial charge in [0, 0.05) is 17.1 Å². The maximum Gasteiger partial charge on any atom is 0.139 e. The molecular weight excluding hydrogens is 233 g/mol. The molecule has 0 heterocycles. The average Bonchev–Trinajstić information content (AvgIpc) is 2.58. The van der Waals surface area contributed by atoms with E-state index in [9.17, 15) is 0 Å². The van der Waals surface area contributed by atoms with Gasteiger partial charge in [0.05, 0.1) is 5.02 Å². The third-order valence-corrected chi connectivity index (χ3v) is 3.16. The summed E-state index contributed by atoms with van der Waals surface area (Å²) < 4.78 is 5.76. The van der Waals surface area contributed by atoms with Crippen LogP contribution in [-0.4, -0.2) is 12.1 Å². The summed E-state index contributed by atoms with van der Waals surface area (Å²) in [6, 6.07) is 5.49. The molecule has 2 nitrogen and oxygen atoms in total. The minimum atomic E-state index is 0.177. The molecule has 1 saturated carbocycles. The second kappa shape index (κ2) is 4.60. The Bertz CT molecular complexity index is 356. The Balaban J connectivity index is 2.07. The van der Waals surface area contributed by atoms with Crippen molar-refractivity contribution in [3.05, 3.63) is 28.2 Å². The highest BCUT2D eigenvalue weighted by Gasteiger charge is 2.23. The van der Waals surface area contributed by atoms with Gasteiger partial charge in [-0.15, -0.1) is 0 Å². The molecule has 1 aliphatic carbocycles. The molecule has 1 fully saturated rings. The van der Waals surface area contributed by atoms with Crippen LogP contribution in [0.2, 0.25) is 10.0 Å². The largest absolute Gasteiger partial charge is 0.489 e.